The number of amides is 1. The molecule has 2 aromatic rings. The fraction of sp³-hybridized carbons (Fsp3) is 0. The number of non-ortho nitro benzene ring substituents is 1. The van der Waals surface area contributed by atoms with Gasteiger partial charge in [0.2, 0.25) is 0 Å². The smallest absolute Gasteiger partial charge is 0.271 e. The molecular weight excluding hydrogens is 306 g/mol. The number of benzene rings is 2. The SMILES string of the molecule is O=C(N/N=C\c1cc([N+](=O)[O-])ccc1O)c1cc(O)cc(O)c1. The summed E-state index contributed by atoms with van der Waals surface area (Å²) in [6.07, 6.45) is 1.03. The van der Waals surface area contributed by atoms with Crippen molar-refractivity contribution >= 4 is 17.8 Å². The summed E-state index contributed by atoms with van der Waals surface area (Å²) in [6.45, 7) is 0. The average molecular weight is 317 g/mol. The maximum absolute atomic E-state index is 11.8. The van der Waals surface area contributed by atoms with Crippen LogP contribution in [0, 0.1) is 10.1 Å². The van der Waals surface area contributed by atoms with Gasteiger partial charge in [0.1, 0.15) is 17.2 Å². The van der Waals surface area contributed by atoms with E-state index in [-0.39, 0.29) is 34.1 Å². The highest BCUT2D eigenvalue weighted by molar-refractivity contribution is 5.95. The Kier molecular flexibility index (Phi) is 4.41. The summed E-state index contributed by atoms with van der Waals surface area (Å²) in [5.41, 5.74) is 1.86. The first-order chi connectivity index (χ1) is 10.9. The van der Waals surface area contributed by atoms with E-state index in [0.717, 1.165) is 42.6 Å². The maximum atomic E-state index is 11.8. The van der Waals surface area contributed by atoms with Gasteiger partial charge in [0.05, 0.1) is 11.1 Å². The molecule has 0 spiro atoms. The first-order valence-corrected chi connectivity index (χ1v) is 6.20. The fourth-order valence-corrected chi connectivity index (χ4v) is 1.71. The Labute approximate surface area is 129 Å². The normalized spacial score (nSPS) is 10.6. The zero-order chi connectivity index (χ0) is 17.0. The van der Waals surface area contributed by atoms with Gasteiger partial charge < -0.3 is 15.3 Å². The number of phenolic OH excluding ortho intramolecular Hbond substituents is 3. The first-order valence-electron chi connectivity index (χ1n) is 6.20. The average Bonchev–Trinajstić information content (AvgIpc) is 2.47. The van der Waals surface area contributed by atoms with E-state index in [4.69, 9.17) is 0 Å². The molecule has 0 atom stereocenters. The van der Waals surface area contributed by atoms with Crippen molar-refractivity contribution in [3.63, 3.8) is 0 Å². The van der Waals surface area contributed by atoms with Crippen LogP contribution in [0.3, 0.4) is 0 Å². The van der Waals surface area contributed by atoms with E-state index in [2.05, 4.69) is 10.5 Å². The number of phenols is 3. The van der Waals surface area contributed by atoms with Crippen LogP contribution in [-0.4, -0.2) is 32.4 Å². The second-order valence-corrected chi connectivity index (χ2v) is 4.44. The molecule has 1 amide bonds. The van der Waals surface area contributed by atoms with Gasteiger partial charge in [0.25, 0.3) is 11.6 Å². The molecule has 23 heavy (non-hydrogen) atoms. The van der Waals surface area contributed by atoms with Crippen LogP contribution in [0.4, 0.5) is 5.69 Å². The standard InChI is InChI=1S/C14H11N3O6/c18-11-4-8(5-12(19)6-11)14(21)16-15-7-9-3-10(17(22)23)1-2-13(9)20/h1-7,18-20H,(H,16,21)/b15-7-. The minimum absolute atomic E-state index is 0.0390. The lowest BCUT2D eigenvalue weighted by Gasteiger charge is -2.02. The molecule has 9 nitrogen and oxygen atoms in total. The van der Waals surface area contributed by atoms with Gasteiger partial charge in [-0.05, 0) is 18.2 Å². The Bertz CT molecular complexity index is 783. The van der Waals surface area contributed by atoms with Gasteiger partial charge in [-0.1, -0.05) is 0 Å². The molecule has 0 aliphatic carbocycles. The summed E-state index contributed by atoms with van der Waals surface area (Å²) >= 11 is 0. The third kappa shape index (κ3) is 3.94. The molecule has 0 unspecified atom stereocenters. The van der Waals surface area contributed by atoms with Crippen molar-refractivity contribution in [3.8, 4) is 17.2 Å². The Morgan fingerprint density at radius 1 is 1.13 bits per heavy atom. The van der Waals surface area contributed by atoms with E-state index in [1.807, 2.05) is 0 Å². The lowest BCUT2D eigenvalue weighted by Crippen LogP contribution is -2.17. The number of carbonyl (C=O) groups is 1. The quantitative estimate of drug-likeness (QED) is 0.381. The molecule has 0 aliphatic rings. The van der Waals surface area contributed by atoms with Crippen molar-refractivity contribution in [2.75, 3.05) is 0 Å². The fourth-order valence-electron chi connectivity index (χ4n) is 1.71. The molecule has 0 bridgehead atoms. The summed E-state index contributed by atoms with van der Waals surface area (Å²) in [6, 6.07) is 6.65. The second-order valence-electron chi connectivity index (χ2n) is 4.44. The monoisotopic (exact) mass is 317 g/mol. The Morgan fingerprint density at radius 2 is 1.78 bits per heavy atom. The summed E-state index contributed by atoms with van der Waals surface area (Å²) in [5.74, 6) is -1.56. The minimum Gasteiger partial charge on any atom is -0.508 e. The summed E-state index contributed by atoms with van der Waals surface area (Å²) in [7, 11) is 0. The summed E-state index contributed by atoms with van der Waals surface area (Å²) in [4.78, 5) is 21.8. The lowest BCUT2D eigenvalue weighted by molar-refractivity contribution is -0.384. The third-order valence-corrected chi connectivity index (χ3v) is 2.76. The van der Waals surface area contributed by atoms with Gasteiger partial charge in [-0.25, -0.2) is 5.43 Å². The van der Waals surface area contributed by atoms with Gasteiger partial charge in [-0.15, -0.1) is 0 Å². The van der Waals surface area contributed by atoms with E-state index < -0.39 is 10.8 Å². The molecule has 0 aliphatic heterocycles. The molecule has 0 aromatic heterocycles. The molecule has 2 rings (SSSR count). The van der Waals surface area contributed by atoms with Gasteiger partial charge >= 0.3 is 0 Å². The van der Waals surface area contributed by atoms with Crippen molar-refractivity contribution in [1.29, 1.82) is 0 Å². The molecule has 2 aromatic carbocycles. The predicted octanol–water partition coefficient (Wildman–Crippen LogP) is 1.48. The second kappa shape index (κ2) is 6.43. The minimum atomic E-state index is -0.725. The molecule has 9 heteroatoms. The van der Waals surface area contributed by atoms with Gasteiger partial charge in [0, 0.05) is 29.3 Å². The van der Waals surface area contributed by atoms with E-state index in [0.29, 0.717) is 0 Å². The van der Waals surface area contributed by atoms with Gasteiger partial charge in [-0.2, -0.15) is 5.10 Å². The Balaban J connectivity index is 2.14. The van der Waals surface area contributed by atoms with E-state index in [9.17, 15) is 30.2 Å². The number of aromatic hydroxyl groups is 3. The predicted molar refractivity (Wildman–Crippen MR) is 79.6 cm³/mol. The largest absolute Gasteiger partial charge is 0.508 e. The third-order valence-electron chi connectivity index (χ3n) is 2.76. The molecule has 0 saturated heterocycles. The highest BCUT2D eigenvalue weighted by atomic mass is 16.6. The van der Waals surface area contributed by atoms with Crippen LogP contribution in [-0.2, 0) is 0 Å². The van der Waals surface area contributed by atoms with Crippen molar-refractivity contribution in [1.82, 2.24) is 5.43 Å². The van der Waals surface area contributed by atoms with Crippen LogP contribution < -0.4 is 5.43 Å². The number of carbonyl (C=O) groups excluding carboxylic acids is 1. The number of rotatable bonds is 4. The topological polar surface area (TPSA) is 145 Å². The molecular formula is C14H11N3O6. The Hall–Kier alpha value is -3.62. The van der Waals surface area contributed by atoms with Crippen molar-refractivity contribution in [3.05, 3.63) is 57.6 Å². The van der Waals surface area contributed by atoms with Crippen LogP contribution in [0.5, 0.6) is 17.2 Å². The zero-order valence-electron chi connectivity index (χ0n) is 11.5. The van der Waals surface area contributed by atoms with E-state index >= 15 is 0 Å². The van der Waals surface area contributed by atoms with Crippen molar-refractivity contribution < 1.29 is 25.0 Å². The highest BCUT2D eigenvalue weighted by Gasteiger charge is 2.10. The zero-order valence-corrected chi connectivity index (χ0v) is 11.5. The maximum Gasteiger partial charge on any atom is 0.271 e. The number of hydrogen-bond acceptors (Lipinski definition) is 7. The van der Waals surface area contributed by atoms with Crippen LogP contribution in [0.15, 0.2) is 41.5 Å². The molecule has 118 valence electrons. The van der Waals surface area contributed by atoms with Crippen LogP contribution in [0.1, 0.15) is 15.9 Å². The van der Waals surface area contributed by atoms with Crippen LogP contribution >= 0.6 is 0 Å². The molecule has 4 N–H and O–H groups in total. The van der Waals surface area contributed by atoms with Gasteiger partial charge in [-0.3, -0.25) is 14.9 Å². The number of nitrogens with one attached hydrogen (secondary N) is 1. The van der Waals surface area contributed by atoms with Crippen molar-refractivity contribution in [2.24, 2.45) is 5.10 Å². The number of nitrogens with zero attached hydrogens (tertiary/aromatic N) is 2. The number of hydrogen-bond donors (Lipinski definition) is 4. The molecule has 0 saturated carbocycles. The number of nitro groups is 1. The van der Waals surface area contributed by atoms with Gasteiger partial charge in [0.15, 0.2) is 0 Å². The van der Waals surface area contributed by atoms with Crippen molar-refractivity contribution in [2.45, 2.75) is 0 Å². The summed E-state index contributed by atoms with van der Waals surface area (Å²) < 4.78 is 0. The summed E-state index contributed by atoms with van der Waals surface area (Å²) in [5, 5.41) is 42.4. The molecule has 0 heterocycles. The lowest BCUT2D eigenvalue weighted by atomic mass is 10.2. The number of hydrazone groups is 1. The van der Waals surface area contributed by atoms with Crippen LogP contribution in [0.25, 0.3) is 0 Å². The number of nitro benzene ring substituents is 1. The Morgan fingerprint density at radius 3 is 2.39 bits per heavy atom. The van der Waals surface area contributed by atoms with Crippen LogP contribution in [0.2, 0.25) is 0 Å². The highest BCUT2D eigenvalue weighted by Crippen LogP contribution is 2.22. The van der Waals surface area contributed by atoms with E-state index in [1.165, 1.54) is 0 Å². The molecule has 0 radical (unpaired) electrons. The molecule has 0 fully saturated rings. The van der Waals surface area contributed by atoms with E-state index in [1.54, 1.807) is 0 Å². The first kappa shape index (κ1) is 15.8.